The summed E-state index contributed by atoms with van der Waals surface area (Å²) in [5, 5.41) is 32.3. The van der Waals surface area contributed by atoms with Crippen LogP contribution in [-0.2, 0) is 42.0 Å². The molecule has 2 rings (SSSR count). The molecule has 0 spiro atoms. The molecule has 39 heavy (non-hydrogen) atoms. The molecule has 0 saturated carbocycles. The normalized spacial score (nSPS) is 12.3. The number of rotatable bonds is 20. The van der Waals surface area contributed by atoms with Gasteiger partial charge in [-0.15, -0.1) is 0 Å². The number of carbonyl (C=O) groups excluding carboxylic acids is 1. The van der Waals surface area contributed by atoms with Crippen molar-refractivity contribution in [3.8, 4) is 5.75 Å². The molecule has 12 heteroatoms. The zero-order valence-corrected chi connectivity index (χ0v) is 23.1. The van der Waals surface area contributed by atoms with Crippen LogP contribution in [0, 0.1) is 0 Å². The van der Waals surface area contributed by atoms with E-state index in [-0.39, 0.29) is 31.1 Å². The molecular formula is C27H40N2O9S. The van der Waals surface area contributed by atoms with Crippen LogP contribution in [0.2, 0.25) is 0 Å². The maximum absolute atomic E-state index is 11.8. The summed E-state index contributed by atoms with van der Waals surface area (Å²) in [5.74, 6) is -0.819. The second-order valence-corrected chi connectivity index (χ2v) is 10.2. The van der Waals surface area contributed by atoms with Gasteiger partial charge in [-0.2, -0.15) is 8.42 Å². The molecule has 0 bridgehead atoms. The Labute approximate surface area is 230 Å². The molecule has 1 atom stereocenters. The Morgan fingerprint density at radius 2 is 1.77 bits per heavy atom. The minimum Gasteiger partial charge on any atom is -0.508 e. The fourth-order valence-corrected chi connectivity index (χ4v) is 4.40. The van der Waals surface area contributed by atoms with E-state index in [0.29, 0.717) is 37.5 Å². The van der Waals surface area contributed by atoms with Gasteiger partial charge < -0.3 is 34.3 Å². The number of anilines is 1. The predicted octanol–water partition coefficient (Wildman–Crippen LogP) is 2.91. The molecular weight excluding hydrogens is 528 g/mol. The summed E-state index contributed by atoms with van der Waals surface area (Å²) in [6.07, 6.45) is 3.22. The molecule has 0 amide bonds. The summed E-state index contributed by atoms with van der Waals surface area (Å²) in [5.41, 5.74) is 2.08. The number of nitrogens with one attached hydrogen (secondary N) is 2. The van der Waals surface area contributed by atoms with Crippen molar-refractivity contribution in [3.05, 3.63) is 59.2 Å². The molecule has 5 N–H and O–H groups in total. The van der Waals surface area contributed by atoms with Gasteiger partial charge in [0.2, 0.25) is 0 Å². The van der Waals surface area contributed by atoms with Crippen LogP contribution in [0.4, 0.5) is 5.69 Å². The van der Waals surface area contributed by atoms with Crippen LogP contribution < -0.4 is 10.0 Å². The van der Waals surface area contributed by atoms with Gasteiger partial charge in [0, 0.05) is 25.1 Å². The number of aromatic hydroxyl groups is 1. The first-order chi connectivity index (χ1) is 18.7. The molecule has 0 aromatic heterocycles. The molecule has 0 heterocycles. The van der Waals surface area contributed by atoms with Crippen LogP contribution in [0.1, 0.15) is 61.8 Å². The lowest BCUT2D eigenvalue weighted by Crippen LogP contribution is -2.22. The fraction of sp³-hybridized carbons (Fsp3) is 0.519. The largest absolute Gasteiger partial charge is 0.508 e. The first-order valence-electron chi connectivity index (χ1n) is 13.0. The number of ether oxygens (including phenoxy) is 2. The van der Waals surface area contributed by atoms with E-state index in [9.17, 15) is 28.5 Å². The minimum absolute atomic E-state index is 0.0170. The van der Waals surface area contributed by atoms with E-state index in [1.165, 1.54) is 13.0 Å². The maximum Gasteiger partial charge on any atom is 0.409 e. The maximum atomic E-state index is 11.8. The summed E-state index contributed by atoms with van der Waals surface area (Å²) < 4.78 is 41.4. The Kier molecular flexibility index (Phi) is 14.8. The lowest BCUT2D eigenvalue weighted by Gasteiger charge is -2.14. The standard InChI is InChI=1S/C27H40N2O9S/c1-2-27(33)38-39(34,35)29-24-9-7-8-21(16-24)20-37-15-14-36-13-6-4-3-5-12-28-18-26(32)22-10-11-25(31)23(17-22)19-30/h7-11,16-17,26,28-32H,2-6,12-15,18-20H2,1H3/t26-/m0/s1. The monoisotopic (exact) mass is 568 g/mol. The molecule has 2 aromatic carbocycles. The Morgan fingerprint density at radius 3 is 2.54 bits per heavy atom. The molecule has 0 saturated heterocycles. The molecule has 0 aliphatic rings. The highest BCUT2D eigenvalue weighted by Gasteiger charge is 2.16. The third kappa shape index (κ3) is 13.2. The summed E-state index contributed by atoms with van der Waals surface area (Å²) in [6.45, 7) is 4.18. The summed E-state index contributed by atoms with van der Waals surface area (Å²) >= 11 is 0. The second-order valence-electron chi connectivity index (χ2n) is 8.91. The van der Waals surface area contributed by atoms with Gasteiger partial charge in [-0.1, -0.05) is 38.0 Å². The van der Waals surface area contributed by atoms with Gasteiger partial charge >= 0.3 is 16.3 Å². The SMILES string of the molecule is CCC(=O)OS(=O)(=O)Nc1cccc(COCCOCCCCCCNC[C@H](O)c2ccc(O)c(CO)c2)c1. The molecule has 0 radical (unpaired) electrons. The Hall–Kier alpha value is -2.74. The van der Waals surface area contributed by atoms with Crippen molar-refractivity contribution in [2.45, 2.75) is 58.3 Å². The second kappa shape index (κ2) is 17.8. The van der Waals surface area contributed by atoms with Gasteiger partial charge in [0.15, 0.2) is 0 Å². The van der Waals surface area contributed by atoms with E-state index < -0.39 is 22.4 Å². The van der Waals surface area contributed by atoms with Gasteiger partial charge in [-0.25, -0.2) is 0 Å². The lowest BCUT2D eigenvalue weighted by atomic mass is 10.1. The predicted molar refractivity (Wildman–Crippen MR) is 146 cm³/mol. The van der Waals surface area contributed by atoms with Crippen LogP contribution in [0.5, 0.6) is 5.75 Å². The Morgan fingerprint density at radius 1 is 1.00 bits per heavy atom. The van der Waals surface area contributed by atoms with Crippen molar-refractivity contribution >= 4 is 22.0 Å². The smallest absolute Gasteiger partial charge is 0.409 e. The van der Waals surface area contributed by atoms with Gasteiger partial charge in [-0.05, 0) is 54.8 Å². The average molecular weight is 569 g/mol. The minimum atomic E-state index is -4.22. The van der Waals surface area contributed by atoms with Crippen molar-refractivity contribution in [1.29, 1.82) is 0 Å². The number of aliphatic hydroxyl groups is 2. The third-order valence-electron chi connectivity index (χ3n) is 5.69. The fourth-order valence-electron chi connectivity index (χ4n) is 3.58. The van der Waals surface area contributed by atoms with Crippen molar-refractivity contribution in [3.63, 3.8) is 0 Å². The van der Waals surface area contributed by atoms with E-state index in [1.54, 1.807) is 36.4 Å². The van der Waals surface area contributed by atoms with Crippen molar-refractivity contribution in [2.24, 2.45) is 0 Å². The number of hydrogen-bond acceptors (Lipinski definition) is 10. The van der Waals surface area contributed by atoms with Crippen LogP contribution in [0.3, 0.4) is 0 Å². The highest BCUT2D eigenvalue weighted by Crippen LogP contribution is 2.22. The molecule has 2 aromatic rings. The Balaban J connectivity index is 1.47. The highest BCUT2D eigenvalue weighted by atomic mass is 32.2. The van der Waals surface area contributed by atoms with Crippen molar-refractivity contribution in [1.82, 2.24) is 5.32 Å². The molecule has 0 aliphatic carbocycles. The van der Waals surface area contributed by atoms with Gasteiger partial charge in [0.1, 0.15) is 5.75 Å². The van der Waals surface area contributed by atoms with E-state index >= 15 is 0 Å². The van der Waals surface area contributed by atoms with E-state index in [4.69, 9.17) is 9.47 Å². The van der Waals surface area contributed by atoms with Gasteiger partial charge in [0.05, 0.1) is 38.2 Å². The van der Waals surface area contributed by atoms with Crippen LogP contribution in [0.15, 0.2) is 42.5 Å². The van der Waals surface area contributed by atoms with E-state index in [2.05, 4.69) is 14.2 Å². The quantitative estimate of drug-likeness (QED) is 0.150. The first-order valence-corrected chi connectivity index (χ1v) is 14.5. The molecule has 0 aliphatic heterocycles. The zero-order chi connectivity index (χ0) is 28.5. The highest BCUT2D eigenvalue weighted by molar-refractivity contribution is 7.88. The number of phenols is 1. The number of benzene rings is 2. The van der Waals surface area contributed by atoms with E-state index in [1.807, 2.05) is 0 Å². The van der Waals surface area contributed by atoms with Crippen molar-refractivity contribution < 1.29 is 42.2 Å². The topological polar surface area (TPSA) is 164 Å². The summed E-state index contributed by atoms with van der Waals surface area (Å²) in [6, 6.07) is 11.4. The average Bonchev–Trinajstić information content (AvgIpc) is 2.91. The molecule has 0 fully saturated rings. The third-order valence-corrected chi connectivity index (χ3v) is 6.58. The zero-order valence-electron chi connectivity index (χ0n) is 22.3. The molecule has 11 nitrogen and oxygen atoms in total. The van der Waals surface area contributed by atoms with Crippen LogP contribution in [0.25, 0.3) is 0 Å². The van der Waals surface area contributed by atoms with Gasteiger partial charge in [-0.3, -0.25) is 9.52 Å². The molecule has 218 valence electrons. The number of unbranched alkanes of at least 4 members (excludes halogenated alkanes) is 3. The van der Waals surface area contributed by atoms with Gasteiger partial charge in [0.25, 0.3) is 0 Å². The summed E-state index contributed by atoms with van der Waals surface area (Å²) in [4.78, 5) is 11.2. The number of aliphatic hydroxyl groups excluding tert-OH is 2. The van der Waals surface area contributed by atoms with E-state index in [0.717, 1.165) is 37.8 Å². The molecule has 0 unspecified atom stereocenters. The Bertz CT molecular complexity index is 1110. The lowest BCUT2D eigenvalue weighted by molar-refractivity contribution is -0.133. The van der Waals surface area contributed by atoms with Crippen LogP contribution >= 0.6 is 0 Å². The number of carbonyl (C=O) groups is 1. The van der Waals surface area contributed by atoms with Crippen molar-refractivity contribution in [2.75, 3.05) is 37.6 Å². The first kappa shape index (κ1) is 32.5. The van der Waals surface area contributed by atoms with Crippen LogP contribution in [-0.4, -0.2) is 62.6 Å². The number of hydrogen-bond donors (Lipinski definition) is 5. The summed E-state index contributed by atoms with van der Waals surface area (Å²) in [7, 11) is -4.22.